The van der Waals surface area contributed by atoms with Crippen molar-refractivity contribution >= 4 is 22.9 Å². The van der Waals surface area contributed by atoms with Crippen molar-refractivity contribution in [2.24, 2.45) is 0 Å². The molecule has 13 nitrogen and oxygen atoms in total. The molecule has 106 valence electrons. The zero-order valence-corrected chi connectivity index (χ0v) is 9.29. The number of amidine groups is 1. The lowest BCUT2D eigenvalue weighted by Gasteiger charge is -2.06. The summed E-state index contributed by atoms with van der Waals surface area (Å²) in [5.41, 5.74) is 1.38. The highest BCUT2D eigenvalue weighted by atomic mass is 16.8. The number of hydrogen-bond donors (Lipinski definition) is 1. The summed E-state index contributed by atoms with van der Waals surface area (Å²) in [6, 6.07) is 0.889. The van der Waals surface area contributed by atoms with Crippen molar-refractivity contribution in [3.05, 3.63) is 58.5 Å². The van der Waals surface area contributed by atoms with E-state index in [1.54, 1.807) is 0 Å². The summed E-state index contributed by atoms with van der Waals surface area (Å²) in [6.45, 7) is 0. The highest BCUT2D eigenvalue weighted by molar-refractivity contribution is 5.97. The fourth-order valence-corrected chi connectivity index (χ4v) is 1.33. The van der Waals surface area contributed by atoms with Gasteiger partial charge in [-0.3, -0.25) is 30.3 Å². The molecule has 20 heavy (non-hydrogen) atoms. The van der Waals surface area contributed by atoms with Crippen LogP contribution < -0.4 is 5.73 Å². The molecule has 0 saturated heterocycles. The van der Waals surface area contributed by atoms with E-state index in [0.29, 0.717) is 12.1 Å². The average molecular weight is 286 g/mol. The van der Waals surface area contributed by atoms with Gasteiger partial charge in [0.1, 0.15) is 10.6 Å². The van der Waals surface area contributed by atoms with E-state index in [-0.39, 0.29) is 0 Å². The Morgan fingerprint density at radius 2 is 1.50 bits per heavy atom. The molecular formula is C7H4N5O8-. The van der Waals surface area contributed by atoms with Crippen LogP contribution in [0, 0.1) is 40.8 Å². The molecule has 1 aromatic carbocycles. The summed E-state index contributed by atoms with van der Waals surface area (Å²) in [6.07, 6.45) is 0. The van der Waals surface area contributed by atoms with E-state index < -0.39 is 48.1 Å². The third-order valence-corrected chi connectivity index (χ3v) is 2.14. The van der Waals surface area contributed by atoms with Crippen molar-refractivity contribution in [1.82, 2.24) is 0 Å². The summed E-state index contributed by atoms with van der Waals surface area (Å²) in [4.78, 5) is 26.7. The van der Waals surface area contributed by atoms with Crippen molar-refractivity contribution in [2.75, 3.05) is 5.73 Å². The largest absolute Gasteiger partial charge is 0.607 e. The number of non-ortho nitro benzene ring substituents is 1. The lowest BCUT2D eigenvalue weighted by atomic mass is 10.1. The van der Waals surface area contributed by atoms with Crippen molar-refractivity contribution in [2.45, 2.75) is 0 Å². The van der Waals surface area contributed by atoms with Gasteiger partial charge in [0, 0.05) is 6.07 Å². The van der Waals surface area contributed by atoms with Crippen LogP contribution in [-0.4, -0.2) is 25.5 Å². The first kappa shape index (κ1) is 14.6. The van der Waals surface area contributed by atoms with Gasteiger partial charge in [0.05, 0.1) is 15.9 Å². The SMILES string of the molecule is Nc1c(C([N+](=O)[O-])=[N+]([O-])[O-])cc([N+](=O)[O-])cc1[N+](=O)[O-]. The van der Waals surface area contributed by atoms with Gasteiger partial charge in [0.25, 0.3) is 11.4 Å². The third kappa shape index (κ3) is 2.50. The van der Waals surface area contributed by atoms with E-state index >= 15 is 0 Å². The highest BCUT2D eigenvalue weighted by Gasteiger charge is 2.34. The molecule has 0 radical (unpaired) electrons. The average Bonchev–Trinajstić information content (AvgIpc) is 2.29. The lowest BCUT2D eigenvalue weighted by Crippen LogP contribution is -2.23. The second-order valence-electron chi connectivity index (χ2n) is 3.28. The van der Waals surface area contributed by atoms with Crippen LogP contribution in [0.2, 0.25) is 0 Å². The van der Waals surface area contributed by atoms with E-state index in [4.69, 9.17) is 5.73 Å². The van der Waals surface area contributed by atoms with Gasteiger partial charge in [-0.15, -0.1) is 4.90 Å². The van der Waals surface area contributed by atoms with Crippen LogP contribution in [0.4, 0.5) is 17.1 Å². The number of anilines is 1. The van der Waals surface area contributed by atoms with E-state index in [0.717, 1.165) is 0 Å². The van der Waals surface area contributed by atoms with Gasteiger partial charge < -0.3 is 16.1 Å². The maximum Gasteiger partial charge on any atom is 0.528 e. The number of nitrogen functional groups attached to an aromatic ring is 1. The predicted octanol–water partition coefficient (Wildman–Crippen LogP) is 0.117. The van der Waals surface area contributed by atoms with Crippen molar-refractivity contribution in [1.29, 1.82) is 0 Å². The Bertz CT molecular complexity index is 649. The minimum atomic E-state index is -1.69. The van der Waals surface area contributed by atoms with Gasteiger partial charge in [-0.2, -0.15) is 0 Å². The van der Waals surface area contributed by atoms with E-state index in [9.17, 15) is 40.8 Å². The van der Waals surface area contributed by atoms with Crippen molar-refractivity contribution in [3.8, 4) is 0 Å². The number of nitrogens with zero attached hydrogens (tertiary/aromatic N) is 4. The van der Waals surface area contributed by atoms with Gasteiger partial charge in [0.2, 0.25) is 0 Å². The quantitative estimate of drug-likeness (QED) is 0.199. The van der Waals surface area contributed by atoms with Gasteiger partial charge in [-0.05, 0) is 0 Å². The molecule has 0 atom stereocenters. The number of rotatable bonds is 3. The summed E-state index contributed by atoms with van der Waals surface area (Å²) in [5, 5.41) is 53.0. The fourth-order valence-electron chi connectivity index (χ4n) is 1.33. The first-order chi connectivity index (χ1) is 9.16. The first-order valence-electron chi connectivity index (χ1n) is 4.55. The Kier molecular flexibility index (Phi) is 3.64. The Hall–Kier alpha value is -3.51. The third-order valence-electron chi connectivity index (χ3n) is 2.14. The Labute approximate surface area is 108 Å². The second kappa shape index (κ2) is 5.01. The smallest absolute Gasteiger partial charge is 0.528 e. The standard InChI is InChI=1S/C7H4N5O8/c8-6-4(7(11(17)18)12(19)20)1-3(9(13)14)2-5(6)10(15)16/h1-2H,8H2/q-1. The molecule has 0 aromatic heterocycles. The van der Waals surface area contributed by atoms with Crippen LogP contribution in [0.3, 0.4) is 0 Å². The zero-order valence-electron chi connectivity index (χ0n) is 9.29. The predicted molar refractivity (Wildman–Crippen MR) is 62.3 cm³/mol. The molecule has 0 amide bonds. The molecular weight excluding hydrogens is 282 g/mol. The minimum absolute atomic E-state index is 0.434. The second-order valence-corrected chi connectivity index (χ2v) is 3.28. The number of nitro benzene ring substituents is 2. The molecule has 0 aliphatic heterocycles. The number of hydrogen-bond acceptors (Lipinski definition) is 9. The first-order valence-corrected chi connectivity index (χ1v) is 4.55. The maximum atomic E-state index is 10.7. The van der Waals surface area contributed by atoms with Crippen molar-refractivity contribution < 1.29 is 19.7 Å². The van der Waals surface area contributed by atoms with E-state index in [1.165, 1.54) is 0 Å². The molecule has 0 unspecified atom stereocenters. The Balaban J connectivity index is 3.78. The van der Waals surface area contributed by atoms with Crippen LogP contribution in [0.5, 0.6) is 0 Å². The Morgan fingerprint density at radius 1 is 0.950 bits per heavy atom. The molecule has 2 N–H and O–H groups in total. The number of nitrogens with two attached hydrogens (primary N) is 1. The summed E-state index contributed by atoms with van der Waals surface area (Å²) >= 11 is 0. The molecule has 0 spiro atoms. The molecule has 0 saturated carbocycles. The molecule has 1 aromatic rings. The number of nitro groups is 3. The lowest BCUT2D eigenvalue weighted by molar-refractivity contribution is -0.475. The molecule has 1 rings (SSSR count). The molecule has 0 aliphatic carbocycles. The van der Waals surface area contributed by atoms with E-state index in [1.807, 2.05) is 0 Å². The number of benzene rings is 1. The van der Waals surface area contributed by atoms with Crippen LogP contribution in [-0.2, 0) is 0 Å². The summed E-state index contributed by atoms with van der Waals surface area (Å²) in [5.74, 6) is -1.69. The summed E-state index contributed by atoms with van der Waals surface area (Å²) in [7, 11) is 0. The topological polar surface area (TPSA) is 205 Å². The molecule has 0 fully saturated rings. The zero-order chi connectivity index (χ0) is 15.6. The van der Waals surface area contributed by atoms with Gasteiger partial charge in [-0.1, -0.05) is 0 Å². The molecule has 0 aliphatic rings. The minimum Gasteiger partial charge on any atom is -0.607 e. The molecule has 0 bridgehead atoms. The monoisotopic (exact) mass is 286 g/mol. The molecule has 0 heterocycles. The molecule has 13 heteroatoms. The summed E-state index contributed by atoms with van der Waals surface area (Å²) < 4.78 is 0. The highest BCUT2D eigenvalue weighted by Crippen LogP contribution is 2.31. The van der Waals surface area contributed by atoms with Gasteiger partial charge >= 0.3 is 5.84 Å². The van der Waals surface area contributed by atoms with E-state index in [2.05, 4.69) is 0 Å². The van der Waals surface area contributed by atoms with Gasteiger partial charge in [-0.25, -0.2) is 0 Å². The van der Waals surface area contributed by atoms with Gasteiger partial charge in [0.15, 0.2) is 5.56 Å². The fraction of sp³-hybridized carbons (Fsp3) is 0. The Morgan fingerprint density at radius 3 is 1.85 bits per heavy atom. The van der Waals surface area contributed by atoms with Crippen LogP contribution in [0.15, 0.2) is 12.1 Å². The van der Waals surface area contributed by atoms with Crippen LogP contribution in [0.1, 0.15) is 5.56 Å². The normalized spacial score (nSPS) is 9.80. The van der Waals surface area contributed by atoms with Crippen LogP contribution in [0.25, 0.3) is 0 Å². The maximum absolute atomic E-state index is 10.7. The van der Waals surface area contributed by atoms with Crippen LogP contribution >= 0.6 is 0 Å². The van der Waals surface area contributed by atoms with Crippen molar-refractivity contribution in [3.63, 3.8) is 0 Å².